The normalized spacial score (nSPS) is 13.1. The molecule has 0 bridgehead atoms. The number of ketones is 2. The van der Waals surface area contributed by atoms with Gasteiger partial charge in [0.15, 0.2) is 0 Å². The van der Waals surface area contributed by atoms with E-state index in [1.54, 1.807) is 0 Å². The zero-order valence-corrected chi connectivity index (χ0v) is 34.2. The summed E-state index contributed by atoms with van der Waals surface area (Å²) in [6.07, 6.45) is 45.9. The van der Waals surface area contributed by atoms with Crippen LogP contribution in [0, 0.1) is 23.7 Å². The lowest BCUT2D eigenvalue weighted by atomic mass is 9.78. The van der Waals surface area contributed by atoms with Crippen molar-refractivity contribution in [3.8, 4) is 0 Å². The summed E-state index contributed by atoms with van der Waals surface area (Å²) in [6, 6.07) is 0. The topological polar surface area (TPSA) is 34.1 Å². The van der Waals surface area contributed by atoms with E-state index in [-0.39, 0.29) is 11.8 Å². The molecule has 0 heterocycles. The molecular formula is C46H90O2. The number of unbranched alkanes of at least 4 members (excludes halogenated alkanes) is 24. The van der Waals surface area contributed by atoms with Crippen LogP contribution in [0.15, 0.2) is 0 Å². The van der Waals surface area contributed by atoms with Crippen LogP contribution < -0.4 is 0 Å². The first-order valence-electron chi connectivity index (χ1n) is 22.4. The van der Waals surface area contributed by atoms with E-state index in [1.165, 1.54) is 193 Å². The second-order valence-corrected chi connectivity index (χ2v) is 16.6. The number of rotatable bonds is 39. The van der Waals surface area contributed by atoms with E-state index >= 15 is 0 Å². The van der Waals surface area contributed by atoms with E-state index in [0.717, 1.165) is 37.5 Å². The zero-order valence-electron chi connectivity index (χ0n) is 34.2. The molecular weight excluding hydrogens is 585 g/mol. The van der Waals surface area contributed by atoms with Crippen molar-refractivity contribution in [3.63, 3.8) is 0 Å². The van der Waals surface area contributed by atoms with E-state index in [4.69, 9.17) is 0 Å². The molecule has 2 unspecified atom stereocenters. The van der Waals surface area contributed by atoms with Crippen LogP contribution in [-0.2, 0) is 9.59 Å². The van der Waals surface area contributed by atoms with Gasteiger partial charge in [-0.15, -0.1) is 0 Å². The quantitative estimate of drug-likeness (QED) is 0.0608. The van der Waals surface area contributed by atoms with Gasteiger partial charge in [-0.3, -0.25) is 9.59 Å². The van der Waals surface area contributed by atoms with Crippen molar-refractivity contribution in [2.45, 2.75) is 260 Å². The van der Waals surface area contributed by atoms with Crippen molar-refractivity contribution >= 4 is 11.6 Å². The largest absolute Gasteiger partial charge is 0.299 e. The van der Waals surface area contributed by atoms with Crippen molar-refractivity contribution in [3.05, 3.63) is 0 Å². The van der Waals surface area contributed by atoms with Crippen LogP contribution in [0.5, 0.6) is 0 Å². The summed E-state index contributed by atoms with van der Waals surface area (Å²) in [5.41, 5.74) is 0. The van der Waals surface area contributed by atoms with E-state index in [1.807, 2.05) is 27.7 Å². The van der Waals surface area contributed by atoms with Gasteiger partial charge < -0.3 is 0 Å². The monoisotopic (exact) mass is 675 g/mol. The Bertz CT molecular complexity index is 622. The Hall–Kier alpha value is -0.660. The summed E-state index contributed by atoms with van der Waals surface area (Å²) < 4.78 is 0. The molecule has 0 radical (unpaired) electrons. The van der Waals surface area contributed by atoms with Crippen LogP contribution in [0.1, 0.15) is 260 Å². The van der Waals surface area contributed by atoms with E-state index in [0.29, 0.717) is 11.6 Å². The molecule has 48 heavy (non-hydrogen) atoms. The Labute approximate surface area is 303 Å². The van der Waals surface area contributed by atoms with Gasteiger partial charge >= 0.3 is 0 Å². The van der Waals surface area contributed by atoms with Crippen LogP contribution >= 0.6 is 0 Å². The molecule has 0 aromatic heterocycles. The third-order valence-electron chi connectivity index (χ3n) is 11.3. The summed E-state index contributed by atoms with van der Waals surface area (Å²) in [7, 11) is 0. The highest BCUT2D eigenvalue weighted by atomic mass is 16.1. The maximum atomic E-state index is 11.9. The minimum atomic E-state index is 0.205. The van der Waals surface area contributed by atoms with Gasteiger partial charge in [0, 0.05) is 24.7 Å². The average Bonchev–Trinajstić information content (AvgIpc) is 3.07. The fourth-order valence-corrected chi connectivity index (χ4v) is 7.72. The van der Waals surface area contributed by atoms with Crippen LogP contribution in [-0.4, -0.2) is 11.6 Å². The van der Waals surface area contributed by atoms with Gasteiger partial charge in [0.05, 0.1) is 0 Å². The van der Waals surface area contributed by atoms with E-state index in [2.05, 4.69) is 13.8 Å². The first kappa shape index (κ1) is 47.3. The van der Waals surface area contributed by atoms with E-state index < -0.39 is 0 Å². The maximum absolute atomic E-state index is 11.9. The molecule has 0 aromatic rings. The van der Waals surface area contributed by atoms with Crippen LogP contribution in [0.3, 0.4) is 0 Å². The molecule has 0 saturated heterocycles. The number of hydrogen-bond donors (Lipinski definition) is 0. The highest BCUT2D eigenvalue weighted by molar-refractivity contribution is 5.80. The number of carbonyl (C=O) groups is 2. The SMILES string of the molecule is CCCCCCCCCC(CCCCCCCCCC(=O)C(C)C)C(CCCCCCCCC)CCCCCCCCCC(=O)C(C)C. The highest BCUT2D eigenvalue weighted by Gasteiger charge is 2.21. The Balaban J connectivity index is 4.80. The summed E-state index contributed by atoms with van der Waals surface area (Å²) in [5.74, 6) is 3.19. The van der Waals surface area contributed by atoms with Gasteiger partial charge in [-0.2, -0.15) is 0 Å². The van der Waals surface area contributed by atoms with Gasteiger partial charge in [-0.05, 0) is 24.7 Å². The van der Waals surface area contributed by atoms with Crippen molar-refractivity contribution in [2.75, 3.05) is 0 Å². The Morgan fingerprint density at radius 2 is 0.521 bits per heavy atom. The predicted octanol–water partition coefficient (Wildman–Crippen LogP) is 16.0. The average molecular weight is 675 g/mol. The summed E-state index contributed by atoms with van der Waals surface area (Å²) in [6.45, 7) is 12.8. The van der Waals surface area contributed by atoms with Crippen LogP contribution in [0.25, 0.3) is 0 Å². The maximum Gasteiger partial charge on any atom is 0.135 e. The van der Waals surface area contributed by atoms with Crippen LogP contribution in [0.4, 0.5) is 0 Å². The first-order valence-corrected chi connectivity index (χ1v) is 22.4. The van der Waals surface area contributed by atoms with Crippen LogP contribution in [0.2, 0.25) is 0 Å². The van der Waals surface area contributed by atoms with E-state index in [9.17, 15) is 9.59 Å². The van der Waals surface area contributed by atoms with Crippen molar-refractivity contribution in [1.29, 1.82) is 0 Å². The Kier molecular flexibility index (Phi) is 35.6. The molecule has 286 valence electrons. The van der Waals surface area contributed by atoms with Gasteiger partial charge in [-0.1, -0.05) is 234 Å². The zero-order chi connectivity index (χ0) is 35.5. The first-order chi connectivity index (χ1) is 23.3. The molecule has 0 amide bonds. The molecule has 0 aliphatic carbocycles. The van der Waals surface area contributed by atoms with Crippen molar-refractivity contribution in [2.24, 2.45) is 23.7 Å². The molecule has 0 N–H and O–H groups in total. The van der Waals surface area contributed by atoms with Gasteiger partial charge in [0.1, 0.15) is 11.6 Å². The molecule has 0 spiro atoms. The molecule has 2 heteroatoms. The molecule has 2 atom stereocenters. The Morgan fingerprint density at radius 1 is 0.312 bits per heavy atom. The lowest BCUT2D eigenvalue weighted by Gasteiger charge is -2.28. The molecule has 0 aliphatic rings. The minimum absolute atomic E-state index is 0.205. The van der Waals surface area contributed by atoms with Gasteiger partial charge in [-0.25, -0.2) is 0 Å². The number of carbonyl (C=O) groups excluding carboxylic acids is 2. The molecule has 2 nitrogen and oxygen atoms in total. The predicted molar refractivity (Wildman–Crippen MR) is 215 cm³/mol. The molecule has 0 saturated carbocycles. The summed E-state index contributed by atoms with van der Waals surface area (Å²) in [5, 5.41) is 0. The third kappa shape index (κ3) is 31.3. The summed E-state index contributed by atoms with van der Waals surface area (Å²) >= 11 is 0. The number of Topliss-reactive ketones (excluding diaryl/α,β-unsaturated/α-hetero) is 2. The second-order valence-electron chi connectivity index (χ2n) is 16.6. The van der Waals surface area contributed by atoms with Crippen molar-refractivity contribution in [1.82, 2.24) is 0 Å². The lowest BCUT2D eigenvalue weighted by molar-refractivity contribution is -0.122. The molecule has 0 aliphatic heterocycles. The van der Waals surface area contributed by atoms with Crippen molar-refractivity contribution < 1.29 is 9.59 Å². The fourth-order valence-electron chi connectivity index (χ4n) is 7.72. The smallest absolute Gasteiger partial charge is 0.135 e. The second kappa shape index (κ2) is 36.1. The standard InChI is InChI=1S/C46H90O2/c1-7-9-11-13-17-23-29-35-43(37-31-25-19-15-21-27-33-39-45(47)41(3)4)44(36-30-24-18-14-12-10-8-2)38-32-26-20-16-22-28-34-40-46(48)42(5)6/h41-44H,7-40H2,1-6H3. The Morgan fingerprint density at radius 3 is 0.750 bits per heavy atom. The number of hydrogen-bond acceptors (Lipinski definition) is 2. The molecule has 0 aromatic carbocycles. The fraction of sp³-hybridized carbons (Fsp3) is 0.957. The van der Waals surface area contributed by atoms with Gasteiger partial charge in [0.2, 0.25) is 0 Å². The summed E-state index contributed by atoms with van der Waals surface area (Å²) in [4.78, 5) is 23.8. The minimum Gasteiger partial charge on any atom is -0.299 e. The highest BCUT2D eigenvalue weighted by Crippen LogP contribution is 2.34. The van der Waals surface area contributed by atoms with Gasteiger partial charge in [0.25, 0.3) is 0 Å². The molecule has 0 fully saturated rings. The lowest BCUT2D eigenvalue weighted by Crippen LogP contribution is -2.16. The third-order valence-corrected chi connectivity index (χ3v) is 11.3. The molecule has 0 rings (SSSR count).